The van der Waals surface area contributed by atoms with E-state index in [1.165, 1.54) is 0 Å². The van der Waals surface area contributed by atoms with Crippen LogP contribution in [-0.2, 0) is 17.9 Å². The van der Waals surface area contributed by atoms with Gasteiger partial charge in [-0.2, -0.15) is 0 Å². The zero-order valence-corrected chi connectivity index (χ0v) is 14.7. The van der Waals surface area contributed by atoms with Gasteiger partial charge in [0.1, 0.15) is 5.76 Å². The highest BCUT2D eigenvalue weighted by Gasteiger charge is 2.23. The predicted molar refractivity (Wildman–Crippen MR) is 91.8 cm³/mol. The molecule has 3 heterocycles. The van der Waals surface area contributed by atoms with E-state index in [0.29, 0.717) is 26.2 Å². The first-order valence-electron chi connectivity index (χ1n) is 8.58. The number of hydrogen-bond acceptors (Lipinski definition) is 5. The average Bonchev–Trinajstić information content (AvgIpc) is 2.97. The van der Waals surface area contributed by atoms with Crippen LogP contribution in [0.3, 0.4) is 0 Å². The molecule has 7 heteroatoms. The molecule has 3 rings (SSSR count). The van der Waals surface area contributed by atoms with Gasteiger partial charge in [0.2, 0.25) is 0 Å². The van der Waals surface area contributed by atoms with E-state index in [2.05, 4.69) is 15.5 Å². The maximum Gasteiger partial charge on any atom is 0.317 e. The highest BCUT2D eigenvalue weighted by atomic mass is 16.5. The summed E-state index contributed by atoms with van der Waals surface area (Å²) in [6.07, 6.45) is 5.45. The second-order valence-corrected chi connectivity index (χ2v) is 6.32. The summed E-state index contributed by atoms with van der Waals surface area (Å²) in [7, 11) is 0. The SMILES string of the molecule is Cc1noc(C)c1CNC(=O)N1CCC(OCc2cccnc2)CC1. The highest BCUT2D eigenvalue weighted by Crippen LogP contribution is 2.16. The molecule has 0 spiro atoms. The number of carbonyl (C=O) groups excluding carboxylic acids is 1. The Balaban J connectivity index is 1.40. The number of ether oxygens (including phenoxy) is 1. The Kier molecular flexibility index (Phi) is 5.65. The summed E-state index contributed by atoms with van der Waals surface area (Å²) in [6, 6.07) is 3.86. The number of nitrogens with one attached hydrogen (secondary N) is 1. The Labute approximate surface area is 147 Å². The second kappa shape index (κ2) is 8.11. The van der Waals surface area contributed by atoms with E-state index in [1.54, 1.807) is 6.20 Å². The van der Waals surface area contributed by atoms with Gasteiger partial charge in [-0.05, 0) is 38.3 Å². The number of rotatable bonds is 5. The van der Waals surface area contributed by atoms with Crippen LogP contribution in [0.4, 0.5) is 4.79 Å². The number of pyridine rings is 1. The number of piperidine rings is 1. The molecule has 2 aromatic heterocycles. The summed E-state index contributed by atoms with van der Waals surface area (Å²) in [5, 5.41) is 6.85. The zero-order chi connectivity index (χ0) is 17.6. The van der Waals surface area contributed by atoms with Gasteiger partial charge in [-0.3, -0.25) is 4.98 Å². The first-order chi connectivity index (χ1) is 12.1. The molecule has 1 aliphatic rings. The molecular formula is C18H24N4O3. The van der Waals surface area contributed by atoms with E-state index in [9.17, 15) is 4.79 Å². The molecule has 25 heavy (non-hydrogen) atoms. The van der Waals surface area contributed by atoms with Crippen molar-refractivity contribution < 1.29 is 14.1 Å². The summed E-state index contributed by atoms with van der Waals surface area (Å²) in [5.74, 6) is 0.750. The molecule has 0 aromatic carbocycles. The Morgan fingerprint density at radius 2 is 2.20 bits per heavy atom. The number of hydrogen-bond donors (Lipinski definition) is 1. The number of likely N-dealkylation sites (tertiary alicyclic amines) is 1. The fraction of sp³-hybridized carbons (Fsp3) is 0.500. The van der Waals surface area contributed by atoms with Gasteiger partial charge in [-0.25, -0.2) is 4.79 Å². The molecule has 1 fully saturated rings. The van der Waals surface area contributed by atoms with Crippen molar-refractivity contribution >= 4 is 6.03 Å². The molecule has 1 N–H and O–H groups in total. The first kappa shape index (κ1) is 17.4. The molecule has 1 saturated heterocycles. The maximum atomic E-state index is 12.3. The van der Waals surface area contributed by atoms with Crippen molar-refractivity contribution in [3.05, 3.63) is 47.1 Å². The van der Waals surface area contributed by atoms with Crippen LogP contribution in [0.15, 0.2) is 29.0 Å². The molecule has 2 amide bonds. The van der Waals surface area contributed by atoms with Gasteiger partial charge in [-0.15, -0.1) is 0 Å². The lowest BCUT2D eigenvalue weighted by molar-refractivity contribution is 0.00434. The minimum Gasteiger partial charge on any atom is -0.373 e. The van der Waals surface area contributed by atoms with Crippen LogP contribution >= 0.6 is 0 Å². The maximum absolute atomic E-state index is 12.3. The number of aromatic nitrogens is 2. The van der Waals surface area contributed by atoms with Crippen molar-refractivity contribution in [3.8, 4) is 0 Å². The monoisotopic (exact) mass is 344 g/mol. The predicted octanol–water partition coefficient (Wildman–Crippen LogP) is 2.58. The van der Waals surface area contributed by atoms with Gasteiger partial charge in [0.25, 0.3) is 0 Å². The summed E-state index contributed by atoms with van der Waals surface area (Å²) >= 11 is 0. The van der Waals surface area contributed by atoms with Gasteiger partial charge in [-0.1, -0.05) is 11.2 Å². The zero-order valence-electron chi connectivity index (χ0n) is 14.7. The summed E-state index contributed by atoms with van der Waals surface area (Å²) in [6.45, 7) is 6.14. The molecule has 0 radical (unpaired) electrons. The molecule has 0 unspecified atom stereocenters. The number of aryl methyl sites for hydroxylation is 2. The number of urea groups is 1. The standard InChI is InChI=1S/C18H24N4O3/c1-13-17(14(2)25-21-13)11-20-18(23)22-8-5-16(6-9-22)24-12-15-4-3-7-19-10-15/h3-4,7,10,16H,5-6,8-9,11-12H2,1-2H3,(H,20,23). The Morgan fingerprint density at radius 3 is 2.84 bits per heavy atom. The topological polar surface area (TPSA) is 80.5 Å². The molecule has 134 valence electrons. The van der Waals surface area contributed by atoms with Crippen molar-refractivity contribution in [1.82, 2.24) is 20.4 Å². The van der Waals surface area contributed by atoms with Crippen molar-refractivity contribution in [2.24, 2.45) is 0 Å². The lowest BCUT2D eigenvalue weighted by Gasteiger charge is -2.32. The normalized spacial score (nSPS) is 15.4. The van der Waals surface area contributed by atoms with Gasteiger partial charge in [0.15, 0.2) is 0 Å². The molecule has 0 atom stereocenters. The number of amides is 2. The van der Waals surface area contributed by atoms with E-state index in [4.69, 9.17) is 9.26 Å². The number of carbonyl (C=O) groups is 1. The third kappa shape index (κ3) is 4.57. The summed E-state index contributed by atoms with van der Waals surface area (Å²) in [5.41, 5.74) is 2.84. The third-order valence-electron chi connectivity index (χ3n) is 4.54. The van der Waals surface area contributed by atoms with Crippen LogP contribution in [0.25, 0.3) is 0 Å². The molecule has 7 nitrogen and oxygen atoms in total. The third-order valence-corrected chi connectivity index (χ3v) is 4.54. The molecule has 1 aliphatic heterocycles. The highest BCUT2D eigenvalue weighted by molar-refractivity contribution is 5.74. The van der Waals surface area contributed by atoms with Crippen molar-refractivity contribution in [1.29, 1.82) is 0 Å². The van der Waals surface area contributed by atoms with E-state index in [0.717, 1.165) is 35.4 Å². The molecular weight excluding hydrogens is 320 g/mol. The van der Waals surface area contributed by atoms with Gasteiger partial charge >= 0.3 is 6.03 Å². The van der Waals surface area contributed by atoms with E-state index in [1.807, 2.05) is 37.1 Å². The molecule has 0 saturated carbocycles. The Bertz CT molecular complexity index is 674. The summed E-state index contributed by atoms with van der Waals surface area (Å²) < 4.78 is 11.0. The molecule has 2 aromatic rings. The van der Waals surface area contributed by atoms with Crippen LogP contribution < -0.4 is 5.32 Å². The smallest absolute Gasteiger partial charge is 0.317 e. The van der Waals surface area contributed by atoms with E-state index in [-0.39, 0.29) is 12.1 Å². The lowest BCUT2D eigenvalue weighted by atomic mass is 10.1. The molecule has 0 bridgehead atoms. The van der Waals surface area contributed by atoms with Crippen LogP contribution in [0.2, 0.25) is 0 Å². The average molecular weight is 344 g/mol. The Morgan fingerprint density at radius 1 is 1.40 bits per heavy atom. The largest absolute Gasteiger partial charge is 0.373 e. The fourth-order valence-corrected chi connectivity index (χ4v) is 2.95. The number of nitrogens with zero attached hydrogens (tertiary/aromatic N) is 3. The van der Waals surface area contributed by atoms with Crippen LogP contribution in [-0.4, -0.2) is 40.3 Å². The van der Waals surface area contributed by atoms with Gasteiger partial charge in [0, 0.05) is 37.6 Å². The molecule has 0 aliphatic carbocycles. The second-order valence-electron chi connectivity index (χ2n) is 6.32. The van der Waals surface area contributed by atoms with E-state index < -0.39 is 0 Å². The minimum absolute atomic E-state index is 0.0503. The van der Waals surface area contributed by atoms with Gasteiger partial charge < -0.3 is 19.5 Å². The lowest BCUT2D eigenvalue weighted by Crippen LogP contribution is -2.45. The Hall–Kier alpha value is -2.41. The van der Waals surface area contributed by atoms with Crippen LogP contribution in [0.1, 0.15) is 35.4 Å². The first-order valence-corrected chi connectivity index (χ1v) is 8.58. The van der Waals surface area contributed by atoms with Crippen molar-refractivity contribution in [2.75, 3.05) is 13.1 Å². The fourth-order valence-electron chi connectivity index (χ4n) is 2.95. The van der Waals surface area contributed by atoms with E-state index >= 15 is 0 Å². The minimum atomic E-state index is -0.0503. The summed E-state index contributed by atoms with van der Waals surface area (Å²) in [4.78, 5) is 18.2. The van der Waals surface area contributed by atoms with Crippen molar-refractivity contribution in [3.63, 3.8) is 0 Å². The van der Waals surface area contributed by atoms with Crippen LogP contribution in [0, 0.1) is 13.8 Å². The quantitative estimate of drug-likeness (QED) is 0.902. The van der Waals surface area contributed by atoms with Crippen LogP contribution in [0.5, 0.6) is 0 Å². The van der Waals surface area contributed by atoms with Gasteiger partial charge in [0.05, 0.1) is 18.4 Å². The van der Waals surface area contributed by atoms with Crippen molar-refractivity contribution in [2.45, 2.75) is 45.9 Å².